The normalized spacial score (nSPS) is 14.6. The van der Waals surface area contributed by atoms with Crippen molar-refractivity contribution in [2.45, 2.75) is 13.8 Å². The molecule has 1 aliphatic rings. The second-order valence-electron chi connectivity index (χ2n) is 8.09. The van der Waals surface area contributed by atoms with E-state index in [1.54, 1.807) is 24.3 Å². The lowest BCUT2D eigenvalue weighted by molar-refractivity contribution is -0.122. The molecule has 182 valence electrons. The van der Waals surface area contributed by atoms with Crippen LogP contribution in [0.3, 0.4) is 0 Å². The van der Waals surface area contributed by atoms with Crippen LogP contribution in [0.4, 0.5) is 20.6 Å². The van der Waals surface area contributed by atoms with E-state index in [2.05, 4.69) is 10.6 Å². The van der Waals surface area contributed by atoms with Gasteiger partial charge < -0.3 is 10.1 Å². The molecule has 1 fully saturated rings. The number of imide groups is 2. The van der Waals surface area contributed by atoms with E-state index in [0.717, 1.165) is 28.2 Å². The number of rotatable bonds is 6. The highest BCUT2D eigenvalue weighted by atomic mass is 19.1. The molecular weight excluding hydrogens is 465 g/mol. The van der Waals surface area contributed by atoms with Crippen LogP contribution >= 0.6 is 0 Å². The largest absolute Gasteiger partial charge is 0.484 e. The van der Waals surface area contributed by atoms with Crippen LogP contribution < -0.4 is 20.3 Å². The maximum atomic E-state index is 13.2. The Kier molecular flexibility index (Phi) is 6.91. The van der Waals surface area contributed by atoms with Gasteiger partial charge in [0.25, 0.3) is 17.7 Å². The Balaban J connectivity index is 1.43. The van der Waals surface area contributed by atoms with E-state index in [1.165, 1.54) is 18.2 Å². The van der Waals surface area contributed by atoms with E-state index in [4.69, 9.17) is 4.74 Å². The number of hydrogen-bond donors (Lipinski definition) is 2. The topological polar surface area (TPSA) is 105 Å². The predicted octanol–water partition coefficient (Wildman–Crippen LogP) is 4.13. The van der Waals surface area contributed by atoms with Crippen molar-refractivity contribution >= 4 is 41.2 Å². The fourth-order valence-electron chi connectivity index (χ4n) is 3.53. The molecule has 0 unspecified atom stereocenters. The maximum Gasteiger partial charge on any atom is 0.335 e. The molecule has 1 aliphatic heterocycles. The summed E-state index contributed by atoms with van der Waals surface area (Å²) in [6, 6.07) is 15.8. The van der Waals surface area contributed by atoms with Crippen LogP contribution in [0, 0.1) is 19.7 Å². The number of urea groups is 1. The van der Waals surface area contributed by atoms with Crippen LogP contribution in [-0.4, -0.2) is 30.4 Å². The van der Waals surface area contributed by atoms with Gasteiger partial charge in [-0.05, 0) is 79.1 Å². The van der Waals surface area contributed by atoms with Gasteiger partial charge in [-0.25, -0.2) is 14.1 Å². The van der Waals surface area contributed by atoms with Crippen molar-refractivity contribution in [1.82, 2.24) is 5.32 Å². The molecule has 1 saturated heterocycles. The first kappa shape index (κ1) is 24.3. The number of carbonyl (C=O) groups excluding carboxylic acids is 4. The van der Waals surface area contributed by atoms with E-state index in [1.807, 2.05) is 32.0 Å². The Bertz CT molecular complexity index is 1380. The standard InChI is InChI=1S/C27H22FN3O5/c1-16-4-3-5-23(17(16)2)29-24(32)15-36-21-12-6-18(7-13-21)14-22-25(33)30-27(35)31(26(22)34)20-10-8-19(28)9-11-20/h3-14H,15H2,1-2H3,(H,29,32)(H,30,33,35)/b22-14+. The highest BCUT2D eigenvalue weighted by molar-refractivity contribution is 6.39. The molecule has 5 amide bonds. The van der Waals surface area contributed by atoms with Gasteiger partial charge in [0.05, 0.1) is 5.69 Å². The van der Waals surface area contributed by atoms with Crippen LogP contribution in [0.25, 0.3) is 6.08 Å². The van der Waals surface area contributed by atoms with Crippen LogP contribution in [0.2, 0.25) is 0 Å². The second-order valence-corrected chi connectivity index (χ2v) is 8.09. The molecule has 3 aromatic rings. The lowest BCUT2D eigenvalue weighted by atomic mass is 10.1. The third-order valence-electron chi connectivity index (χ3n) is 5.63. The van der Waals surface area contributed by atoms with Crippen molar-refractivity contribution in [2.24, 2.45) is 0 Å². The Morgan fingerprint density at radius 1 is 1.00 bits per heavy atom. The van der Waals surface area contributed by atoms with Crippen molar-refractivity contribution in [1.29, 1.82) is 0 Å². The Labute approximate surface area is 206 Å². The second kappa shape index (κ2) is 10.2. The summed E-state index contributed by atoms with van der Waals surface area (Å²) in [7, 11) is 0. The number of nitrogens with one attached hydrogen (secondary N) is 2. The van der Waals surface area contributed by atoms with Gasteiger partial charge in [-0.3, -0.25) is 19.7 Å². The lowest BCUT2D eigenvalue weighted by Gasteiger charge is -2.26. The monoisotopic (exact) mass is 487 g/mol. The SMILES string of the molecule is Cc1cccc(NC(=O)COc2ccc(/C=C3\C(=O)NC(=O)N(c4ccc(F)cc4)C3=O)cc2)c1C. The number of anilines is 2. The van der Waals surface area contributed by atoms with E-state index in [-0.39, 0.29) is 23.8 Å². The number of aryl methyl sites for hydroxylation is 1. The minimum absolute atomic E-state index is 0.125. The summed E-state index contributed by atoms with van der Waals surface area (Å²) in [5.41, 5.74) is 3.11. The van der Waals surface area contributed by atoms with E-state index in [9.17, 15) is 23.6 Å². The number of hydrogen-bond acceptors (Lipinski definition) is 5. The van der Waals surface area contributed by atoms with Gasteiger partial charge in [0.2, 0.25) is 0 Å². The van der Waals surface area contributed by atoms with Crippen molar-refractivity contribution in [3.63, 3.8) is 0 Å². The van der Waals surface area contributed by atoms with Crippen LogP contribution in [0.5, 0.6) is 5.75 Å². The molecule has 9 heteroatoms. The van der Waals surface area contributed by atoms with Crippen LogP contribution in [-0.2, 0) is 14.4 Å². The fourth-order valence-corrected chi connectivity index (χ4v) is 3.53. The highest BCUT2D eigenvalue weighted by Gasteiger charge is 2.36. The third kappa shape index (κ3) is 5.30. The molecule has 8 nitrogen and oxygen atoms in total. The Morgan fingerprint density at radius 2 is 1.69 bits per heavy atom. The number of amides is 5. The molecule has 0 saturated carbocycles. The first-order valence-corrected chi connectivity index (χ1v) is 11.0. The molecular formula is C27H22FN3O5. The van der Waals surface area contributed by atoms with E-state index >= 15 is 0 Å². The molecule has 36 heavy (non-hydrogen) atoms. The van der Waals surface area contributed by atoms with Crippen molar-refractivity contribution < 1.29 is 28.3 Å². The molecule has 0 bridgehead atoms. The molecule has 0 aliphatic carbocycles. The summed E-state index contributed by atoms with van der Waals surface area (Å²) >= 11 is 0. The summed E-state index contributed by atoms with van der Waals surface area (Å²) < 4.78 is 18.8. The van der Waals surface area contributed by atoms with E-state index < -0.39 is 23.7 Å². The summed E-state index contributed by atoms with van der Waals surface area (Å²) in [6.45, 7) is 3.68. The Morgan fingerprint density at radius 3 is 2.39 bits per heavy atom. The average molecular weight is 487 g/mol. The van der Waals surface area contributed by atoms with Gasteiger partial charge >= 0.3 is 6.03 Å². The van der Waals surface area contributed by atoms with Crippen LogP contribution in [0.15, 0.2) is 72.3 Å². The number of carbonyl (C=O) groups is 4. The number of halogens is 1. The fraction of sp³-hybridized carbons (Fsp3) is 0.111. The Hall–Kier alpha value is -4.79. The minimum Gasteiger partial charge on any atom is -0.484 e. The quantitative estimate of drug-likeness (QED) is 0.402. The van der Waals surface area contributed by atoms with Gasteiger partial charge in [0.15, 0.2) is 6.61 Å². The van der Waals surface area contributed by atoms with Gasteiger partial charge in [0.1, 0.15) is 17.1 Å². The van der Waals surface area contributed by atoms with Gasteiger partial charge in [-0.15, -0.1) is 0 Å². The average Bonchev–Trinajstić information content (AvgIpc) is 2.85. The van der Waals surface area contributed by atoms with Crippen molar-refractivity contribution in [3.8, 4) is 5.75 Å². The van der Waals surface area contributed by atoms with Gasteiger partial charge in [-0.2, -0.15) is 0 Å². The predicted molar refractivity (Wildman–Crippen MR) is 132 cm³/mol. The molecule has 0 radical (unpaired) electrons. The number of ether oxygens (including phenoxy) is 1. The number of benzene rings is 3. The zero-order chi connectivity index (χ0) is 25.8. The summed E-state index contributed by atoms with van der Waals surface area (Å²) in [5.74, 6) is -2.10. The van der Waals surface area contributed by atoms with E-state index in [0.29, 0.717) is 17.0 Å². The molecule has 0 atom stereocenters. The summed E-state index contributed by atoms with van der Waals surface area (Å²) in [5, 5.41) is 4.92. The first-order chi connectivity index (χ1) is 17.2. The minimum atomic E-state index is -0.920. The van der Waals surface area contributed by atoms with Gasteiger partial charge in [-0.1, -0.05) is 24.3 Å². The molecule has 4 rings (SSSR count). The smallest absolute Gasteiger partial charge is 0.335 e. The van der Waals surface area contributed by atoms with Crippen LogP contribution in [0.1, 0.15) is 16.7 Å². The summed E-state index contributed by atoms with van der Waals surface area (Å²) in [6.07, 6.45) is 1.33. The first-order valence-electron chi connectivity index (χ1n) is 11.0. The molecule has 0 spiro atoms. The molecule has 2 N–H and O–H groups in total. The zero-order valence-electron chi connectivity index (χ0n) is 19.5. The van der Waals surface area contributed by atoms with Crippen molar-refractivity contribution in [2.75, 3.05) is 16.8 Å². The molecule has 0 aromatic heterocycles. The van der Waals surface area contributed by atoms with Crippen molar-refractivity contribution in [3.05, 3.63) is 94.8 Å². The van der Waals surface area contributed by atoms with Gasteiger partial charge in [0, 0.05) is 5.69 Å². The zero-order valence-corrected chi connectivity index (χ0v) is 19.5. The summed E-state index contributed by atoms with van der Waals surface area (Å²) in [4.78, 5) is 50.5. The molecule has 1 heterocycles. The number of nitrogens with zero attached hydrogens (tertiary/aromatic N) is 1. The maximum absolute atomic E-state index is 13.2. The number of barbiturate groups is 1. The molecule has 3 aromatic carbocycles. The third-order valence-corrected chi connectivity index (χ3v) is 5.63. The lowest BCUT2D eigenvalue weighted by Crippen LogP contribution is -2.54. The highest BCUT2D eigenvalue weighted by Crippen LogP contribution is 2.23.